The van der Waals surface area contributed by atoms with E-state index in [1.54, 1.807) is 48.5 Å². The van der Waals surface area contributed by atoms with E-state index in [1.165, 1.54) is 12.0 Å². The third-order valence-corrected chi connectivity index (χ3v) is 5.09. The first-order valence-corrected chi connectivity index (χ1v) is 9.55. The second kappa shape index (κ2) is 8.82. The summed E-state index contributed by atoms with van der Waals surface area (Å²) in [6.07, 6.45) is 0.0399. The number of aliphatic hydroxyl groups excluding tert-OH is 1. The molecule has 1 amide bonds. The summed E-state index contributed by atoms with van der Waals surface area (Å²) >= 11 is 0. The van der Waals surface area contributed by atoms with Crippen molar-refractivity contribution in [3.63, 3.8) is 0 Å². The van der Waals surface area contributed by atoms with E-state index in [2.05, 4.69) is 0 Å². The Morgan fingerprint density at radius 3 is 2.37 bits per heavy atom. The fraction of sp³-hybridized carbons (Fsp3) is 0.261. The smallest absolute Gasteiger partial charge is 0.303 e. The molecule has 0 saturated carbocycles. The monoisotopic (exact) mass is 409 g/mol. The molecule has 2 aromatic carbocycles. The van der Waals surface area contributed by atoms with Gasteiger partial charge >= 0.3 is 5.97 Å². The fourth-order valence-electron chi connectivity index (χ4n) is 3.59. The van der Waals surface area contributed by atoms with Gasteiger partial charge in [0, 0.05) is 24.1 Å². The minimum atomic E-state index is -0.986. The van der Waals surface area contributed by atoms with Gasteiger partial charge in [-0.2, -0.15) is 0 Å². The number of amides is 1. The molecule has 30 heavy (non-hydrogen) atoms. The van der Waals surface area contributed by atoms with Crippen LogP contribution in [-0.4, -0.2) is 46.4 Å². The zero-order chi connectivity index (χ0) is 21.8. The summed E-state index contributed by atoms with van der Waals surface area (Å²) in [5.74, 6) is -2.38. The Morgan fingerprint density at radius 2 is 1.73 bits per heavy atom. The van der Waals surface area contributed by atoms with Gasteiger partial charge in [-0.15, -0.1) is 0 Å². The van der Waals surface area contributed by atoms with Crippen molar-refractivity contribution in [1.29, 1.82) is 0 Å². The average molecular weight is 409 g/mol. The van der Waals surface area contributed by atoms with Crippen molar-refractivity contribution < 1.29 is 29.3 Å². The molecule has 1 heterocycles. The molecule has 2 aromatic rings. The van der Waals surface area contributed by atoms with Crippen molar-refractivity contribution >= 4 is 23.4 Å². The summed E-state index contributed by atoms with van der Waals surface area (Å²) in [7, 11) is 1.48. The van der Waals surface area contributed by atoms with Crippen LogP contribution in [0.15, 0.2) is 54.1 Å². The number of ketones is 1. The number of carboxylic acids is 1. The van der Waals surface area contributed by atoms with Crippen LogP contribution in [0.3, 0.4) is 0 Å². The van der Waals surface area contributed by atoms with Crippen LogP contribution < -0.4 is 4.74 Å². The number of aliphatic carboxylic acids is 1. The maximum Gasteiger partial charge on any atom is 0.303 e. The summed E-state index contributed by atoms with van der Waals surface area (Å²) in [5, 5.41) is 19.9. The largest absolute Gasteiger partial charge is 0.507 e. The summed E-state index contributed by atoms with van der Waals surface area (Å²) in [5.41, 5.74) is 1.91. The lowest BCUT2D eigenvalue weighted by Gasteiger charge is -2.26. The summed E-state index contributed by atoms with van der Waals surface area (Å²) < 4.78 is 5.42. The summed E-state index contributed by atoms with van der Waals surface area (Å²) in [6.45, 7) is 1.96. The highest BCUT2D eigenvalue weighted by Gasteiger charge is 2.46. The van der Waals surface area contributed by atoms with Gasteiger partial charge in [-0.05, 0) is 19.4 Å². The van der Waals surface area contributed by atoms with Crippen LogP contribution in [0.1, 0.15) is 35.6 Å². The number of rotatable bonds is 7. The molecule has 0 spiro atoms. The fourth-order valence-corrected chi connectivity index (χ4v) is 3.59. The topological polar surface area (TPSA) is 104 Å². The zero-order valence-corrected chi connectivity index (χ0v) is 16.8. The first-order chi connectivity index (χ1) is 14.3. The molecule has 2 N–H and O–H groups in total. The number of aliphatic hydroxyl groups is 1. The van der Waals surface area contributed by atoms with Gasteiger partial charge in [-0.3, -0.25) is 14.4 Å². The molecule has 0 radical (unpaired) electrons. The van der Waals surface area contributed by atoms with E-state index < -0.39 is 23.7 Å². The van der Waals surface area contributed by atoms with Crippen LogP contribution in [0.5, 0.6) is 5.75 Å². The molecule has 0 unspecified atom stereocenters. The normalized spacial score (nSPS) is 17.9. The Labute approximate surface area is 174 Å². The minimum absolute atomic E-state index is 0.0383. The number of nitrogens with zero attached hydrogens (tertiary/aromatic N) is 1. The van der Waals surface area contributed by atoms with E-state index in [1.807, 2.05) is 6.92 Å². The van der Waals surface area contributed by atoms with E-state index in [-0.39, 0.29) is 30.7 Å². The van der Waals surface area contributed by atoms with Gasteiger partial charge < -0.3 is 19.8 Å². The first kappa shape index (κ1) is 21.1. The van der Waals surface area contributed by atoms with Gasteiger partial charge in [0.05, 0.1) is 18.7 Å². The molecular formula is C23H23NO6. The highest BCUT2D eigenvalue weighted by atomic mass is 16.5. The van der Waals surface area contributed by atoms with E-state index in [0.717, 1.165) is 5.56 Å². The minimum Gasteiger partial charge on any atom is -0.507 e. The molecule has 0 aliphatic carbocycles. The molecule has 7 nitrogen and oxygen atoms in total. The van der Waals surface area contributed by atoms with Crippen LogP contribution in [0.4, 0.5) is 0 Å². The number of benzene rings is 2. The first-order valence-electron chi connectivity index (χ1n) is 9.55. The van der Waals surface area contributed by atoms with Crippen molar-refractivity contribution in [3.8, 4) is 5.75 Å². The Hall–Kier alpha value is -3.61. The molecule has 0 bridgehead atoms. The molecule has 0 aromatic heterocycles. The predicted octanol–water partition coefficient (Wildman–Crippen LogP) is 3.29. The quantitative estimate of drug-likeness (QED) is 0.413. The van der Waals surface area contributed by atoms with Gasteiger partial charge in [0.2, 0.25) is 0 Å². The second-order valence-electron chi connectivity index (χ2n) is 7.10. The number of carboxylic acid groups (broad SMARTS) is 1. The Balaban J connectivity index is 2.14. The molecule has 1 aliphatic rings. The van der Waals surface area contributed by atoms with Crippen molar-refractivity contribution in [2.45, 2.75) is 25.8 Å². The van der Waals surface area contributed by atoms with Crippen LogP contribution in [0.25, 0.3) is 5.76 Å². The lowest BCUT2D eigenvalue weighted by Crippen LogP contribution is -2.31. The van der Waals surface area contributed by atoms with Crippen molar-refractivity contribution in [1.82, 2.24) is 4.90 Å². The molecule has 1 fully saturated rings. The number of carbonyl (C=O) groups excluding carboxylic acids is 2. The molecule has 1 atom stereocenters. The molecule has 1 saturated heterocycles. The lowest BCUT2D eigenvalue weighted by atomic mass is 9.94. The third kappa shape index (κ3) is 4.05. The number of aryl methyl sites for hydroxylation is 1. The van der Waals surface area contributed by atoms with E-state index in [0.29, 0.717) is 16.9 Å². The van der Waals surface area contributed by atoms with Gasteiger partial charge in [0.25, 0.3) is 11.7 Å². The van der Waals surface area contributed by atoms with Crippen LogP contribution in [0, 0.1) is 6.92 Å². The highest BCUT2D eigenvalue weighted by Crippen LogP contribution is 2.42. The summed E-state index contributed by atoms with van der Waals surface area (Å²) in [4.78, 5) is 37.9. The maximum absolute atomic E-state index is 12.9. The molecule has 7 heteroatoms. The Bertz CT molecular complexity index is 1010. The molecule has 156 valence electrons. The number of carbonyl (C=O) groups is 3. The standard InChI is InChI=1S/C23H23NO6/c1-14-9-11-15(12-10-14)21(27)19-20(16-6-3-4-7-17(16)30-2)24(23(29)22(19)28)13-5-8-18(25)26/h3-4,6-7,9-12,20,27H,5,8,13H2,1-2H3,(H,25,26)/t20-/m1/s1. The maximum atomic E-state index is 12.9. The van der Waals surface area contributed by atoms with E-state index >= 15 is 0 Å². The SMILES string of the molecule is COc1ccccc1[C@@H]1C(=C(O)c2ccc(C)cc2)C(=O)C(=O)N1CCCC(=O)O. The van der Waals surface area contributed by atoms with Crippen molar-refractivity contribution in [3.05, 3.63) is 70.8 Å². The van der Waals surface area contributed by atoms with Gasteiger partial charge in [-0.25, -0.2) is 0 Å². The number of methoxy groups -OCH3 is 1. The van der Waals surface area contributed by atoms with E-state index in [9.17, 15) is 19.5 Å². The van der Waals surface area contributed by atoms with Crippen molar-refractivity contribution in [2.24, 2.45) is 0 Å². The number of ether oxygens (including phenoxy) is 1. The number of Topliss-reactive ketones (excluding diaryl/α,β-unsaturated/α-hetero) is 1. The zero-order valence-electron chi connectivity index (χ0n) is 16.8. The summed E-state index contributed by atoms with van der Waals surface area (Å²) in [6, 6.07) is 13.0. The van der Waals surface area contributed by atoms with Gasteiger partial charge in [0.1, 0.15) is 11.5 Å². The van der Waals surface area contributed by atoms with E-state index in [4.69, 9.17) is 9.84 Å². The van der Waals surface area contributed by atoms with Gasteiger partial charge in [0.15, 0.2) is 0 Å². The highest BCUT2D eigenvalue weighted by molar-refractivity contribution is 6.46. The third-order valence-electron chi connectivity index (χ3n) is 5.09. The van der Waals surface area contributed by atoms with Crippen LogP contribution >= 0.6 is 0 Å². The average Bonchev–Trinajstić information content (AvgIpc) is 2.98. The molecule has 1 aliphatic heterocycles. The van der Waals surface area contributed by atoms with Crippen LogP contribution in [0.2, 0.25) is 0 Å². The number of hydrogen-bond acceptors (Lipinski definition) is 5. The Morgan fingerprint density at radius 1 is 1.07 bits per heavy atom. The Kier molecular flexibility index (Phi) is 6.20. The van der Waals surface area contributed by atoms with Gasteiger partial charge in [-0.1, -0.05) is 48.0 Å². The van der Waals surface area contributed by atoms with Crippen LogP contribution in [-0.2, 0) is 14.4 Å². The molecular weight excluding hydrogens is 386 g/mol. The lowest BCUT2D eigenvalue weighted by molar-refractivity contribution is -0.140. The van der Waals surface area contributed by atoms with Crippen molar-refractivity contribution in [2.75, 3.05) is 13.7 Å². The number of para-hydroxylation sites is 1. The number of hydrogen-bond donors (Lipinski definition) is 2. The predicted molar refractivity (Wildman–Crippen MR) is 110 cm³/mol. The number of likely N-dealkylation sites (tertiary alicyclic amines) is 1. The molecule has 3 rings (SSSR count). The second-order valence-corrected chi connectivity index (χ2v) is 7.10.